The number of hydrogen-bond donors (Lipinski definition) is 2. The van der Waals surface area contributed by atoms with Crippen LogP contribution in [0.15, 0.2) is 11.3 Å². The van der Waals surface area contributed by atoms with Gasteiger partial charge in [0.1, 0.15) is 22.7 Å². The number of carboxylic acids is 1. The van der Waals surface area contributed by atoms with Crippen LogP contribution in [0.4, 0.5) is 4.79 Å². The Morgan fingerprint density at radius 1 is 1.48 bits per heavy atom. The molecule has 2 amide bonds. The molecule has 23 heavy (non-hydrogen) atoms. The van der Waals surface area contributed by atoms with Crippen molar-refractivity contribution in [3.63, 3.8) is 0 Å². The molecule has 0 bridgehead atoms. The summed E-state index contributed by atoms with van der Waals surface area (Å²) in [4.78, 5) is 36.5. The van der Waals surface area contributed by atoms with E-state index in [9.17, 15) is 23.7 Å². The highest BCUT2D eigenvalue weighted by Gasteiger charge is 2.57. The second-order valence-electron chi connectivity index (χ2n) is 6.14. The minimum atomic E-state index is -1.48. The number of amides is 2. The topological polar surface area (TPSA) is 113 Å². The van der Waals surface area contributed by atoms with Gasteiger partial charge in [-0.25, -0.2) is 9.59 Å². The van der Waals surface area contributed by atoms with Gasteiger partial charge in [0, 0.05) is 4.43 Å². The molecule has 0 aromatic rings. The number of carbonyl (C=O) groups excluding carboxylic acids is 2. The van der Waals surface area contributed by atoms with Crippen molar-refractivity contribution in [2.24, 2.45) is 0 Å². The lowest BCUT2D eigenvalue weighted by atomic mass is 10.0. The monoisotopic (exact) mass is 456 g/mol. The largest absolute Gasteiger partial charge is 0.477 e. The minimum absolute atomic E-state index is 0.0749. The second kappa shape index (κ2) is 6.38. The number of alkyl carbamates (subject to hydrolysis) is 1. The van der Waals surface area contributed by atoms with Crippen LogP contribution >= 0.6 is 22.6 Å². The zero-order valence-electron chi connectivity index (χ0n) is 12.8. The fourth-order valence-electron chi connectivity index (χ4n) is 2.39. The molecule has 0 radical (unpaired) electrons. The van der Waals surface area contributed by atoms with E-state index in [1.54, 1.807) is 20.8 Å². The molecule has 3 atom stereocenters. The number of rotatable bonds is 3. The highest BCUT2D eigenvalue weighted by atomic mass is 127. The molecule has 2 heterocycles. The van der Waals surface area contributed by atoms with Crippen LogP contribution in [0.3, 0.4) is 0 Å². The van der Waals surface area contributed by atoms with Crippen molar-refractivity contribution in [2.75, 3.05) is 10.2 Å². The van der Waals surface area contributed by atoms with Gasteiger partial charge in [0.15, 0.2) is 0 Å². The van der Waals surface area contributed by atoms with Crippen molar-refractivity contribution in [1.82, 2.24) is 10.2 Å². The third-order valence-electron chi connectivity index (χ3n) is 3.24. The molecule has 1 fully saturated rings. The zero-order chi connectivity index (χ0) is 17.5. The van der Waals surface area contributed by atoms with E-state index in [1.807, 2.05) is 22.6 Å². The summed E-state index contributed by atoms with van der Waals surface area (Å²) in [7, 11) is -1.48. The lowest BCUT2D eigenvalue weighted by Crippen LogP contribution is -2.73. The average Bonchev–Trinajstić information content (AvgIpc) is 2.41. The van der Waals surface area contributed by atoms with Gasteiger partial charge in [-0.2, -0.15) is 0 Å². The number of β-lactam (4-membered cyclic amide) rings is 1. The summed E-state index contributed by atoms with van der Waals surface area (Å²) in [6, 6.07) is -1.03. The standard InChI is InChI=1S/C13H17IN2O6S/c1-13(2,3)22-12(20)15-7-9(17)16-8(11(18)19)6(4-14)5-23(21)10(7)16/h7,10H,4-5H2,1-3H3,(H,15,20)(H,18,19)/t7?,10-,23?/m0/s1. The number of nitrogens with zero attached hydrogens (tertiary/aromatic N) is 1. The van der Waals surface area contributed by atoms with E-state index in [2.05, 4.69) is 5.32 Å². The van der Waals surface area contributed by atoms with Crippen molar-refractivity contribution in [1.29, 1.82) is 0 Å². The first-order valence-corrected chi connectivity index (χ1v) is 9.68. The molecule has 2 aliphatic rings. The first-order chi connectivity index (χ1) is 10.6. The maximum absolute atomic E-state index is 12.3. The summed E-state index contributed by atoms with van der Waals surface area (Å²) in [6.45, 7) is 5.04. The molecule has 1 saturated heterocycles. The van der Waals surface area contributed by atoms with E-state index in [0.29, 0.717) is 10.0 Å². The van der Waals surface area contributed by atoms with Gasteiger partial charge in [0.05, 0.1) is 16.6 Å². The van der Waals surface area contributed by atoms with Gasteiger partial charge < -0.3 is 15.2 Å². The number of halogens is 1. The van der Waals surface area contributed by atoms with Gasteiger partial charge in [0.2, 0.25) is 0 Å². The summed E-state index contributed by atoms with van der Waals surface area (Å²) in [5.74, 6) is -1.75. The smallest absolute Gasteiger partial charge is 0.408 e. The van der Waals surface area contributed by atoms with Crippen molar-refractivity contribution in [2.45, 2.75) is 37.8 Å². The maximum Gasteiger partial charge on any atom is 0.408 e. The van der Waals surface area contributed by atoms with Gasteiger partial charge in [0.25, 0.3) is 5.91 Å². The fraction of sp³-hybridized carbons (Fsp3) is 0.615. The molecular weight excluding hydrogens is 439 g/mol. The van der Waals surface area contributed by atoms with Crippen LogP contribution in [0.5, 0.6) is 0 Å². The SMILES string of the molecule is CC(C)(C)OC(=O)NC1C(=O)N2C(C(=O)O)=C(CI)CS(=O)[C@@H]12. The van der Waals surface area contributed by atoms with Gasteiger partial charge in [-0.3, -0.25) is 13.9 Å². The van der Waals surface area contributed by atoms with E-state index in [4.69, 9.17) is 4.74 Å². The van der Waals surface area contributed by atoms with Crippen LogP contribution in [-0.2, 0) is 25.1 Å². The van der Waals surface area contributed by atoms with Crippen molar-refractivity contribution in [3.05, 3.63) is 11.3 Å². The maximum atomic E-state index is 12.3. The van der Waals surface area contributed by atoms with Crippen LogP contribution in [0.1, 0.15) is 20.8 Å². The zero-order valence-corrected chi connectivity index (χ0v) is 15.8. The van der Waals surface area contributed by atoms with E-state index < -0.39 is 45.8 Å². The predicted octanol–water partition coefficient (Wildman–Crippen LogP) is 0.584. The number of nitrogens with one attached hydrogen (secondary N) is 1. The van der Waals surface area contributed by atoms with E-state index >= 15 is 0 Å². The average molecular weight is 456 g/mol. The van der Waals surface area contributed by atoms with Crippen molar-refractivity contribution < 1.29 is 28.4 Å². The fourth-order valence-corrected chi connectivity index (χ4v) is 5.07. The van der Waals surface area contributed by atoms with Crippen molar-refractivity contribution in [3.8, 4) is 0 Å². The quantitative estimate of drug-likeness (QED) is 0.365. The summed E-state index contributed by atoms with van der Waals surface area (Å²) in [5, 5.41) is 10.8. The van der Waals surface area contributed by atoms with Crippen LogP contribution < -0.4 is 5.32 Å². The Morgan fingerprint density at radius 2 is 2.09 bits per heavy atom. The van der Waals surface area contributed by atoms with Gasteiger partial charge >= 0.3 is 12.1 Å². The number of fused-ring (bicyclic) bond motifs is 1. The molecule has 0 aromatic carbocycles. The molecule has 8 nitrogen and oxygen atoms in total. The van der Waals surface area contributed by atoms with Crippen LogP contribution in [0.2, 0.25) is 0 Å². The highest BCUT2D eigenvalue weighted by molar-refractivity contribution is 14.1. The molecule has 128 valence electrons. The minimum Gasteiger partial charge on any atom is -0.477 e. The van der Waals surface area contributed by atoms with Crippen LogP contribution in [-0.4, -0.2) is 59.4 Å². The molecule has 2 N–H and O–H groups in total. The Morgan fingerprint density at radius 3 is 2.57 bits per heavy atom. The number of alkyl halides is 1. The predicted molar refractivity (Wildman–Crippen MR) is 90.3 cm³/mol. The summed E-state index contributed by atoms with van der Waals surface area (Å²) in [6.07, 6.45) is -0.798. The molecular formula is C13H17IN2O6S. The van der Waals surface area contributed by atoms with Crippen LogP contribution in [0.25, 0.3) is 0 Å². The lowest BCUT2D eigenvalue weighted by molar-refractivity contribution is -0.149. The molecule has 2 rings (SSSR count). The highest BCUT2D eigenvalue weighted by Crippen LogP contribution is 2.35. The van der Waals surface area contributed by atoms with Crippen molar-refractivity contribution >= 4 is 51.4 Å². The lowest BCUT2D eigenvalue weighted by Gasteiger charge is -2.48. The first-order valence-electron chi connectivity index (χ1n) is 6.78. The Hall–Kier alpha value is -1.17. The normalized spacial score (nSPS) is 27.2. The molecule has 2 aliphatic heterocycles. The van der Waals surface area contributed by atoms with Crippen LogP contribution in [0, 0.1) is 0 Å². The number of hydrogen-bond acceptors (Lipinski definition) is 5. The third-order valence-corrected chi connectivity index (χ3v) is 5.82. The number of carbonyl (C=O) groups is 3. The van der Waals surface area contributed by atoms with E-state index in [0.717, 1.165) is 4.90 Å². The van der Waals surface area contributed by atoms with Gasteiger partial charge in [-0.15, -0.1) is 0 Å². The molecule has 0 aromatic heterocycles. The number of aliphatic carboxylic acids is 1. The molecule has 0 spiro atoms. The van der Waals surface area contributed by atoms with E-state index in [1.165, 1.54) is 0 Å². The molecule has 10 heteroatoms. The number of ether oxygens (including phenoxy) is 1. The van der Waals surface area contributed by atoms with Gasteiger partial charge in [-0.1, -0.05) is 22.6 Å². The third kappa shape index (κ3) is 3.52. The Kier molecular flexibility index (Phi) is 5.04. The molecule has 0 aliphatic carbocycles. The Bertz CT molecular complexity index is 626. The number of carboxylic acid groups (broad SMARTS) is 1. The summed E-state index contributed by atoms with van der Waals surface area (Å²) in [5.41, 5.74) is -0.407. The Balaban J connectivity index is 2.20. The second-order valence-corrected chi connectivity index (χ2v) is 8.43. The summed E-state index contributed by atoms with van der Waals surface area (Å²) < 4.78 is 17.8. The molecule has 2 unspecified atom stereocenters. The molecule has 0 saturated carbocycles. The van der Waals surface area contributed by atoms with E-state index in [-0.39, 0.29) is 11.4 Å². The first kappa shape index (κ1) is 18.2. The Labute approximate surface area is 149 Å². The summed E-state index contributed by atoms with van der Waals surface area (Å²) >= 11 is 1.97. The van der Waals surface area contributed by atoms with Gasteiger partial charge in [-0.05, 0) is 26.3 Å².